The van der Waals surface area contributed by atoms with Gasteiger partial charge < -0.3 is 16.2 Å². The molecule has 7 heteroatoms. The Labute approximate surface area is 96.5 Å². The van der Waals surface area contributed by atoms with Crippen LogP contribution in [0.15, 0.2) is 5.38 Å². The van der Waals surface area contributed by atoms with Gasteiger partial charge in [0.15, 0.2) is 5.13 Å². The van der Waals surface area contributed by atoms with E-state index >= 15 is 0 Å². The van der Waals surface area contributed by atoms with Gasteiger partial charge in [-0.2, -0.15) is 0 Å². The Balaban J connectivity index is 2.18. The summed E-state index contributed by atoms with van der Waals surface area (Å²) in [6, 6.07) is 0. The van der Waals surface area contributed by atoms with E-state index in [1.54, 1.807) is 5.38 Å². The summed E-state index contributed by atoms with van der Waals surface area (Å²) in [5.41, 5.74) is 5.69. The minimum Gasteiger partial charge on any atom is -0.481 e. The average Bonchev–Trinajstić information content (AvgIpc) is 2.63. The Morgan fingerprint density at radius 1 is 1.50 bits per heavy atom. The third kappa shape index (κ3) is 4.26. The van der Waals surface area contributed by atoms with Crippen LogP contribution in [0.2, 0.25) is 0 Å². The van der Waals surface area contributed by atoms with Gasteiger partial charge >= 0.3 is 5.97 Å². The summed E-state index contributed by atoms with van der Waals surface area (Å²) >= 11 is 1.21. The van der Waals surface area contributed by atoms with Crippen molar-refractivity contribution >= 4 is 28.3 Å². The molecule has 0 aliphatic carbocycles. The fraction of sp³-hybridized carbons (Fsp3) is 0.444. The van der Waals surface area contributed by atoms with Gasteiger partial charge in [0.2, 0.25) is 0 Å². The zero-order chi connectivity index (χ0) is 12.0. The molecule has 0 saturated carbocycles. The SMILES string of the molecule is Nc1nc(C(=O)NCCCCC(=O)O)cs1. The summed E-state index contributed by atoms with van der Waals surface area (Å²) in [6.45, 7) is 0.448. The Hall–Kier alpha value is -1.63. The van der Waals surface area contributed by atoms with Crippen LogP contribution in [0.4, 0.5) is 5.13 Å². The van der Waals surface area contributed by atoms with E-state index in [-0.39, 0.29) is 12.3 Å². The van der Waals surface area contributed by atoms with Crippen molar-refractivity contribution < 1.29 is 14.7 Å². The molecule has 6 nitrogen and oxygen atoms in total. The first-order valence-corrected chi connectivity index (χ1v) is 5.68. The molecule has 0 radical (unpaired) electrons. The van der Waals surface area contributed by atoms with Crippen LogP contribution in [0.5, 0.6) is 0 Å². The van der Waals surface area contributed by atoms with Gasteiger partial charge in [0.1, 0.15) is 5.69 Å². The maximum atomic E-state index is 11.4. The Morgan fingerprint density at radius 3 is 2.81 bits per heavy atom. The van der Waals surface area contributed by atoms with E-state index in [4.69, 9.17) is 10.8 Å². The fourth-order valence-corrected chi connectivity index (χ4v) is 1.63. The lowest BCUT2D eigenvalue weighted by atomic mass is 10.2. The molecule has 1 amide bonds. The number of nitrogens with zero attached hydrogens (tertiary/aromatic N) is 1. The molecule has 16 heavy (non-hydrogen) atoms. The second-order valence-electron chi connectivity index (χ2n) is 3.18. The molecule has 88 valence electrons. The van der Waals surface area contributed by atoms with E-state index < -0.39 is 5.97 Å². The largest absolute Gasteiger partial charge is 0.481 e. The average molecular weight is 243 g/mol. The number of nitrogen functional groups attached to an aromatic ring is 1. The van der Waals surface area contributed by atoms with Crippen molar-refractivity contribution in [1.82, 2.24) is 10.3 Å². The van der Waals surface area contributed by atoms with Crippen molar-refractivity contribution in [1.29, 1.82) is 0 Å². The number of aliphatic carboxylic acids is 1. The third-order valence-electron chi connectivity index (χ3n) is 1.86. The minimum absolute atomic E-state index is 0.125. The van der Waals surface area contributed by atoms with Crippen LogP contribution in [0.1, 0.15) is 29.8 Å². The zero-order valence-corrected chi connectivity index (χ0v) is 9.42. The summed E-state index contributed by atoms with van der Waals surface area (Å²) < 4.78 is 0. The monoisotopic (exact) mass is 243 g/mol. The molecule has 1 aromatic rings. The standard InChI is InChI=1S/C9H13N3O3S/c10-9-12-6(5-16-9)8(15)11-4-2-1-3-7(13)14/h5H,1-4H2,(H2,10,12)(H,11,15)(H,13,14). The van der Waals surface area contributed by atoms with Crippen LogP contribution >= 0.6 is 11.3 Å². The van der Waals surface area contributed by atoms with Gasteiger partial charge in [-0.05, 0) is 12.8 Å². The molecule has 1 rings (SSSR count). The summed E-state index contributed by atoms with van der Waals surface area (Å²) in [4.78, 5) is 25.5. The molecule has 0 aliphatic heterocycles. The molecule has 0 atom stereocenters. The number of carbonyl (C=O) groups is 2. The highest BCUT2D eigenvalue weighted by Crippen LogP contribution is 2.10. The molecule has 0 fully saturated rings. The highest BCUT2D eigenvalue weighted by atomic mass is 32.1. The Bertz CT molecular complexity index is 378. The summed E-state index contributed by atoms with van der Waals surface area (Å²) in [6.07, 6.45) is 1.31. The number of carbonyl (C=O) groups excluding carboxylic acids is 1. The molecule has 4 N–H and O–H groups in total. The van der Waals surface area contributed by atoms with Crippen LogP contribution in [-0.4, -0.2) is 28.5 Å². The summed E-state index contributed by atoms with van der Waals surface area (Å²) in [5.74, 6) is -1.10. The van der Waals surface area contributed by atoms with E-state index in [2.05, 4.69) is 10.3 Å². The van der Waals surface area contributed by atoms with Crippen molar-refractivity contribution in [3.05, 3.63) is 11.1 Å². The smallest absolute Gasteiger partial charge is 0.303 e. The van der Waals surface area contributed by atoms with Gasteiger partial charge in [-0.15, -0.1) is 11.3 Å². The van der Waals surface area contributed by atoms with Gasteiger partial charge in [0, 0.05) is 18.3 Å². The number of carboxylic acid groups (broad SMARTS) is 1. The highest BCUT2D eigenvalue weighted by Gasteiger charge is 2.08. The summed E-state index contributed by atoms with van der Waals surface area (Å²) in [7, 11) is 0. The van der Waals surface area contributed by atoms with Crippen LogP contribution in [0, 0.1) is 0 Å². The minimum atomic E-state index is -0.821. The van der Waals surface area contributed by atoms with Gasteiger partial charge in [-0.25, -0.2) is 4.98 Å². The zero-order valence-electron chi connectivity index (χ0n) is 8.60. The maximum absolute atomic E-state index is 11.4. The fourth-order valence-electron chi connectivity index (χ4n) is 1.09. The first-order chi connectivity index (χ1) is 7.59. The number of amides is 1. The first kappa shape index (κ1) is 12.4. The molecular weight excluding hydrogens is 230 g/mol. The number of hydrogen-bond donors (Lipinski definition) is 3. The third-order valence-corrected chi connectivity index (χ3v) is 2.53. The lowest BCUT2D eigenvalue weighted by Crippen LogP contribution is -2.24. The molecule has 0 aromatic carbocycles. The van der Waals surface area contributed by atoms with Crippen molar-refractivity contribution in [2.24, 2.45) is 0 Å². The van der Waals surface area contributed by atoms with E-state index in [9.17, 15) is 9.59 Å². The Morgan fingerprint density at radius 2 is 2.25 bits per heavy atom. The second kappa shape index (κ2) is 6.06. The normalized spacial score (nSPS) is 10.0. The molecular formula is C9H13N3O3S. The Kier molecular flexibility index (Phi) is 4.71. The quantitative estimate of drug-likeness (QED) is 0.638. The van der Waals surface area contributed by atoms with Gasteiger partial charge in [-0.1, -0.05) is 0 Å². The second-order valence-corrected chi connectivity index (χ2v) is 4.07. The van der Waals surface area contributed by atoms with Gasteiger partial charge in [0.25, 0.3) is 5.91 Å². The molecule has 0 spiro atoms. The van der Waals surface area contributed by atoms with E-state index in [0.717, 1.165) is 0 Å². The van der Waals surface area contributed by atoms with Crippen molar-refractivity contribution in [2.75, 3.05) is 12.3 Å². The van der Waals surface area contributed by atoms with Crippen LogP contribution in [-0.2, 0) is 4.79 Å². The molecule has 0 saturated heterocycles. The van der Waals surface area contributed by atoms with Crippen LogP contribution in [0.3, 0.4) is 0 Å². The predicted octanol–water partition coefficient (Wildman–Crippen LogP) is 0.710. The lowest BCUT2D eigenvalue weighted by Gasteiger charge is -2.01. The molecule has 1 heterocycles. The van der Waals surface area contributed by atoms with Crippen molar-refractivity contribution in [3.8, 4) is 0 Å². The molecule has 0 bridgehead atoms. The number of hydrogen-bond acceptors (Lipinski definition) is 5. The van der Waals surface area contributed by atoms with E-state index in [0.29, 0.717) is 30.2 Å². The van der Waals surface area contributed by atoms with Crippen molar-refractivity contribution in [2.45, 2.75) is 19.3 Å². The molecule has 0 unspecified atom stereocenters. The maximum Gasteiger partial charge on any atom is 0.303 e. The number of nitrogens with one attached hydrogen (secondary N) is 1. The summed E-state index contributed by atoms with van der Waals surface area (Å²) in [5, 5.41) is 13.0. The predicted molar refractivity (Wildman–Crippen MR) is 60.3 cm³/mol. The topological polar surface area (TPSA) is 105 Å². The number of carboxylic acids is 1. The van der Waals surface area contributed by atoms with Crippen molar-refractivity contribution in [3.63, 3.8) is 0 Å². The lowest BCUT2D eigenvalue weighted by molar-refractivity contribution is -0.137. The molecule has 0 aliphatic rings. The number of thiazole rings is 1. The number of anilines is 1. The highest BCUT2D eigenvalue weighted by molar-refractivity contribution is 7.13. The van der Waals surface area contributed by atoms with Gasteiger partial charge in [0.05, 0.1) is 0 Å². The van der Waals surface area contributed by atoms with E-state index in [1.807, 2.05) is 0 Å². The number of unbranched alkanes of at least 4 members (excludes halogenated alkanes) is 1. The first-order valence-electron chi connectivity index (χ1n) is 4.80. The molecule has 1 aromatic heterocycles. The number of aromatic nitrogens is 1. The van der Waals surface area contributed by atoms with Crippen LogP contribution in [0.25, 0.3) is 0 Å². The van der Waals surface area contributed by atoms with E-state index in [1.165, 1.54) is 11.3 Å². The van der Waals surface area contributed by atoms with Gasteiger partial charge in [-0.3, -0.25) is 9.59 Å². The van der Waals surface area contributed by atoms with Crippen LogP contribution < -0.4 is 11.1 Å². The number of nitrogens with two attached hydrogens (primary N) is 1. The number of rotatable bonds is 6.